The van der Waals surface area contributed by atoms with Crippen molar-refractivity contribution < 1.29 is 0 Å². The highest BCUT2D eigenvalue weighted by Gasteiger charge is 2.49. The second kappa shape index (κ2) is 5.97. The first-order valence-corrected chi connectivity index (χ1v) is 7.90. The van der Waals surface area contributed by atoms with E-state index in [0.717, 1.165) is 29.6 Å². The third-order valence-corrected chi connectivity index (χ3v) is 6.11. The van der Waals surface area contributed by atoms with Crippen LogP contribution in [-0.4, -0.2) is 0 Å². The lowest BCUT2D eigenvalue weighted by Crippen LogP contribution is -2.49. The molecule has 0 aliphatic heterocycles. The molecule has 18 heavy (non-hydrogen) atoms. The molecular formula is C18H38. The first-order chi connectivity index (χ1) is 7.90. The lowest BCUT2D eigenvalue weighted by Gasteiger charge is -2.55. The van der Waals surface area contributed by atoms with E-state index in [1.165, 1.54) is 0 Å². The summed E-state index contributed by atoms with van der Waals surface area (Å²) in [7, 11) is 0. The van der Waals surface area contributed by atoms with Crippen molar-refractivity contribution in [2.45, 2.75) is 76.2 Å². The van der Waals surface area contributed by atoms with Gasteiger partial charge >= 0.3 is 0 Å². The van der Waals surface area contributed by atoms with Crippen molar-refractivity contribution in [2.75, 3.05) is 0 Å². The molecule has 0 nitrogen and oxygen atoms in total. The summed E-state index contributed by atoms with van der Waals surface area (Å²) in [6.45, 7) is 26.7. The fourth-order valence-electron chi connectivity index (χ4n) is 4.12. The van der Waals surface area contributed by atoms with E-state index in [-0.39, 0.29) is 0 Å². The van der Waals surface area contributed by atoms with Crippen LogP contribution in [0.25, 0.3) is 0 Å². The van der Waals surface area contributed by atoms with Crippen LogP contribution in [0, 0.1) is 40.4 Å². The normalized spacial score (nSPS) is 16.2. The van der Waals surface area contributed by atoms with Crippen LogP contribution in [0.1, 0.15) is 76.2 Å². The van der Waals surface area contributed by atoms with E-state index in [0.29, 0.717) is 10.8 Å². The van der Waals surface area contributed by atoms with Crippen molar-refractivity contribution in [2.24, 2.45) is 40.4 Å². The zero-order chi connectivity index (χ0) is 14.9. The Bertz CT molecular complexity index is 235. The standard InChI is InChI=1S/C18H38/c1-12(2)16(17(9,10)13(3)4)18(11,14(5)6)15(7)8/h12-16H,1-11H3. The average molecular weight is 255 g/mol. The minimum atomic E-state index is 0.386. The summed E-state index contributed by atoms with van der Waals surface area (Å²) in [5, 5.41) is 0. The monoisotopic (exact) mass is 254 g/mol. The van der Waals surface area contributed by atoms with Gasteiger partial charge in [-0.1, -0.05) is 76.2 Å². The predicted octanol–water partition coefficient (Wildman–Crippen LogP) is 6.26. The Hall–Kier alpha value is 0. The predicted molar refractivity (Wildman–Crippen MR) is 84.7 cm³/mol. The molecule has 0 aromatic rings. The summed E-state index contributed by atoms with van der Waals surface area (Å²) in [6, 6.07) is 0. The highest BCUT2D eigenvalue weighted by Crippen LogP contribution is 2.55. The van der Waals surface area contributed by atoms with E-state index in [1.54, 1.807) is 0 Å². The molecule has 0 rings (SSSR count). The van der Waals surface area contributed by atoms with Gasteiger partial charge < -0.3 is 0 Å². The smallest absolute Gasteiger partial charge is 0.0244 e. The Morgan fingerprint density at radius 1 is 0.556 bits per heavy atom. The maximum Gasteiger partial charge on any atom is -0.0244 e. The van der Waals surface area contributed by atoms with Crippen LogP contribution in [0.3, 0.4) is 0 Å². The van der Waals surface area contributed by atoms with Crippen LogP contribution in [0.15, 0.2) is 0 Å². The minimum Gasteiger partial charge on any atom is -0.0625 e. The van der Waals surface area contributed by atoms with Gasteiger partial charge in [-0.05, 0) is 40.4 Å². The van der Waals surface area contributed by atoms with Gasteiger partial charge in [-0.25, -0.2) is 0 Å². The van der Waals surface area contributed by atoms with Gasteiger partial charge in [0, 0.05) is 0 Å². The van der Waals surface area contributed by atoms with Gasteiger partial charge in [0.05, 0.1) is 0 Å². The molecule has 0 aromatic carbocycles. The molecule has 0 radical (unpaired) electrons. The molecule has 1 unspecified atom stereocenters. The fourth-order valence-corrected chi connectivity index (χ4v) is 4.12. The zero-order valence-electron chi connectivity index (χ0n) is 14.9. The van der Waals surface area contributed by atoms with Crippen LogP contribution < -0.4 is 0 Å². The van der Waals surface area contributed by atoms with E-state index in [9.17, 15) is 0 Å². The van der Waals surface area contributed by atoms with Crippen molar-refractivity contribution in [3.8, 4) is 0 Å². The Morgan fingerprint density at radius 3 is 1.06 bits per heavy atom. The third-order valence-electron chi connectivity index (χ3n) is 6.11. The van der Waals surface area contributed by atoms with Crippen LogP contribution in [-0.2, 0) is 0 Å². The summed E-state index contributed by atoms with van der Waals surface area (Å²) in [4.78, 5) is 0. The van der Waals surface area contributed by atoms with Gasteiger partial charge in [-0.15, -0.1) is 0 Å². The molecule has 0 aliphatic carbocycles. The highest BCUT2D eigenvalue weighted by molar-refractivity contribution is 4.97. The zero-order valence-corrected chi connectivity index (χ0v) is 14.9. The molecule has 0 amide bonds. The van der Waals surface area contributed by atoms with Crippen molar-refractivity contribution in [1.82, 2.24) is 0 Å². The molecule has 0 heterocycles. The van der Waals surface area contributed by atoms with Gasteiger partial charge in [0.2, 0.25) is 0 Å². The summed E-state index contributed by atoms with van der Waals surface area (Å²) in [6.07, 6.45) is 0. The lowest BCUT2D eigenvalue weighted by atomic mass is 9.50. The van der Waals surface area contributed by atoms with Crippen LogP contribution in [0.4, 0.5) is 0 Å². The van der Waals surface area contributed by atoms with Crippen molar-refractivity contribution in [3.05, 3.63) is 0 Å². The third kappa shape index (κ3) is 3.11. The van der Waals surface area contributed by atoms with Gasteiger partial charge in [0.1, 0.15) is 0 Å². The Balaban J connectivity index is 5.74. The molecule has 110 valence electrons. The number of hydrogen-bond acceptors (Lipinski definition) is 0. The largest absolute Gasteiger partial charge is 0.0625 e. The van der Waals surface area contributed by atoms with E-state index >= 15 is 0 Å². The molecule has 0 N–H and O–H groups in total. The van der Waals surface area contributed by atoms with E-state index in [1.807, 2.05) is 0 Å². The molecule has 0 aliphatic rings. The first-order valence-electron chi connectivity index (χ1n) is 7.90. The van der Waals surface area contributed by atoms with Crippen LogP contribution in [0.5, 0.6) is 0 Å². The second-order valence-corrected chi connectivity index (χ2v) is 8.37. The molecule has 0 bridgehead atoms. The SMILES string of the molecule is CC(C)C(C(C)(C)C(C)C)C(C)(C(C)C)C(C)C. The summed E-state index contributed by atoms with van der Waals surface area (Å²) >= 11 is 0. The van der Waals surface area contributed by atoms with Gasteiger partial charge in [0.15, 0.2) is 0 Å². The molecule has 1 atom stereocenters. The van der Waals surface area contributed by atoms with E-state index < -0.39 is 0 Å². The molecule has 0 aromatic heterocycles. The van der Waals surface area contributed by atoms with Crippen LogP contribution >= 0.6 is 0 Å². The summed E-state index contributed by atoms with van der Waals surface area (Å²) in [5.74, 6) is 3.66. The topological polar surface area (TPSA) is 0 Å². The summed E-state index contributed by atoms with van der Waals surface area (Å²) < 4.78 is 0. The van der Waals surface area contributed by atoms with E-state index in [2.05, 4.69) is 76.2 Å². The summed E-state index contributed by atoms with van der Waals surface area (Å²) in [5.41, 5.74) is 0.791. The van der Waals surface area contributed by atoms with Crippen molar-refractivity contribution >= 4 is 0 Å². The number of rotatable bonds is 6. The molecule has 0 heteroatoms. The maximum absolute atomic E-state index is 2.52. The maximum atomic E-state index is 2.52. The van der Waals surface area contributed by atoms with Gasteiger partial charge in [-0.2, -0.15) is 0 Å². The van der Waals surface area contributed by atoms with E-state index in [4.69, 9.17) is 0 Å². The first kappa shape index (κ1) is 18.0. The fraction of sp³-hybridized carbons (Fsp3) is 1.00. The lowest BCUT2D eigenvalue weighted by molar-refractivity contribution is -0.0676. The molecule has 0 spiro atoms. The number of hydrogen-bond donors (Lipinski definition) is 0. The highest BCUT2D eigenvalue weighted by atomic mass is 14.5. The molecular weight excluding hydrogens is 216 g/mol. The van der Waals surface area contributed by atoms with Gasteiger partial charge in [0.25, 0.3) is 0 Å². The molecule has 0 saturated heterocycles. The van der Waals surface area contributed by atoms with Crippen LogP contribution in [0.2, 0.25) is 0 Å². The second-order valence-electron chi connectivity index (χ2n) is 8.37. The quantitative estimate of drug-likeness (QED) is 0.525. The molecule has 0 saturated carbocycles. The van der Waals surface area contributed by atoms with Crippen molar-refractivity contribution in [3.63, 3.8) is 0 Å². The van der Waals surface area contributed by atoms with Gasteiger partial charge in [-0.3, -0.25) is 0 Å². The van der Waals surface area contributed by atoms with Crippen molar-refractivity contribution in [1.29, 1.82) is 0 Å². The Kier molecular flexibility index (Phi) is 5.97. The Morgan fingerprint density at radius 2 is 0.889 bits per heavy atom. The Labute approximate surface area is 117 Å². The average Bonchev–Trinajstić information content (AvgIpc) is 2.15. The molecule has 0 fully saturated rings. The minimum absolute atomic E-state index is 0.386.